The Morgan fingerprint density at radius 3 is 2.22 bits per heavy atom. The second kappa shape index (κ2) is 5.72. The van der Waals surface area contributed by atoms with Crippen molar-refractivity contribution in [3.05, 3.63) is 33.9 Å². The lowest BCUT2D eigenvalue weighted by Gasteiger charge is -2.21. The number of rotatable bonds is 5. The summed E-state index contributed by atoms with van der Waals surface area (Å²) in [6.45, 7) is 3.25. The van der Waals surface area contributed by atoms with Gasteiger partial charge in [0, 0.05) is 0 Å². The van der Waals surface area contributed by atoms with Crippen molar-refractivity contribution >= 4 is 11.4 Å². The fraction of sp³-hybridized carbons (Fsp3) is 0.455. The van der Waals surface area contributed by atoms with E-state index in [0.29, 0.717) is 12.1 Å². The third-order valence-electron chi connectivity index (χ3n) is 2.57. The van der Waals surface area contributed by atoms with Gasteiger partial charge < -0.3 is 10.4 Å². The first-order chi connectivity index (χ1) is 8.36. The SMILES string of the molecule is CC(C)C(CO)Nc1c(F)cc([N+](=O)[O-])cc1F. The molecule has 0 aliphatic heterocycles. The number of halogens is 2. The summed E-state index contributed by atoms with van der Waals surface area (Å²) in [5.41, 5.74) is -1.12. The average Bonchev–Trinajstić information content (AvgIpc) is 2.27. The van der Waals surface area contributed by atoms with Gasteiger partial charge in [-0.05, 0) is 5.92 Å². The van der Waals surface area contributed by atoms with Crippen molar-refractivity contribution in [1.29, 1.82) is 0 Å². The molecule has 0 spiro atoms. The normalized spacial score (nSPS) is 12.6. The zero-order chi connectivity index (χ0) is 13.9. The summed E-state index contributed by atoms with van der Waals surface area (Å²) in [6, 6.07) is 0.746. The molecule has 1 unspecified atom stereocenters. The van der Waals surface area contributed by atoms with Crippen LogP contribution >= 0.6 is 0 Å². The van der Waals surface area contributed by atoms with Crippen LogP contribution in [0.25, 0.3) is 0 Å². The van der Waals surface area contributed by atoms with Gasteiger partial charge in [-0.3, -0.25) is 10.1 Å². The van der Waals surface area contributed by atoms with Crippen LogP contribution in [-0.2, 0) is 0 Å². The van der Waals surface area contributed by atoms with Crippen molar-refractivity contribution in [3.63, 3.8) is 0 Å². The number of benzene rings is 1. The zero-order valence-electron chi connectivity index (χ0n) is 9.98. The van der Waals surface area contributed by atoms with Crippen molar-refractivity contribution < 1.29 is 18.8 Å². The highest BCUT2D eigenvalue weighted by Gasteiger charge is 2.20. The highest BCUT2D eigenvalue weighted by molar-refractivity contribution is 5.52. The number of nitro groups is 1. The molecule has 18 heavy (non-hydrogen) atoms. The van der Waals surface area contributed by atoms with Crippen LogP contribution in [0.4, 0.5) is 20.2 Å². The van der Waals surface area contributed by atoms with Crippen LogP contribution in [0, 0.1) is 27.7 Å². The van der Waals surface area contributed by atoms with Crippen molar-refractivity contribution in [2.24, 2.45) is 5.92 Å². The van der Waals surface area contributed by atoms with E-state index in [1.165, 1.54) is 0 Å². The van der Waals surface area contributed by atoms with Gasteiger partial charge in [0.2, 0.25) is 0 Å². The number of non-ortho nitro benzene ring substituents is 1. The minimum absolute atomic E-state index is 0.0519. The molecule has 0 fully saturated rings. The second-order valence-corrected chi connectivity index (χ2v) is 4.22. The molecule has 0 aliphatic rings. The number of hydrogen-bond acceptors (Lipinski definition) is 4. The van der Waals surface area contributed by atoms with Gasteiger partial charge in [-0.1, -0.05) is 13.8 Å². The molecule has 0 bridgehead atoms. The van der Waals surface area contributed by atoms with E-state index in [9.17, 15) is 18.9 Å². The van der Waals surface area contributed by atoms with E-state index in [1.54, 1.807) is 13.8 Å². The van der Waals surface area contributed by atoms with E-state index in [-0.39, 0.29) is 12.5 Å². The molecule has 1 rings (SSSR count). The molecule has 7 heteroatoms. The summed E-state index contributed by atoms with van der Waals surface area (Å²) in [4.78, 5) is 9.54. The Balaban J connectivity index is 3.07. The molecule has 100 valence electrons. The van der Waals surface area contributed by atoms with Crippen LogP contribution < -0.4 is 5.32 Å². The van der Waals surface area contributed by atoms with E-state index < -0.39 is 34.0 Å². The maximum atomic E-state index is 13.5. The molecule has 0 saturated carbocycles. The Hall–Kier alpha value is -1.76. The fourth-order valence-corrected chi connectivity index (χ4v) is 1.41. The lowest BCUT2D eigenvalue weighted by Crippen LogP contribution is -2.30. The van der Waals surface area contributed by atoms with Gasteiger partial charge >= 0.3 is 0 Å². The van der Waals surface area contributed by atoms with Gasteiger partial charge in [0.1, 0.15) is 5.69 Å². The monoisotopic (exact) mass is 260 g/mol. The van der Waals surface area contributed by atoms with E-state index in [1.807, 2.05) is 0 Å². The predicted molar refractivity (Wildman–Crippen MR) is 62.3 cm³/mol. The molecule has 0 aliphatic carbocycles. The Kier molecular flexibility index (Phi) is 4.55. The summed E-state index contributed by atoms with van der Waals surface area (Å²) in [5.74, 6) is -2.16. The van der Waals surface area contributed by atoms with Gasteiger partial charge in [-0.15, -0.1) is 0 Å². The zero-order valence-corrected chi connectivity index (χ0v) is 9.98. The van der Waals surface area contributed by atoms with E-state index in [4.69, 9.17) is 5.11 Å². The molecule has 0 radical (unpaired) electrons. The molecular formula is C11H14F2N2O3. The van der Waals surface area contributed by atoms with Crippen molar-refractivity contribution in [2.45, 2.75) is 19.9 Å². The van der Waals surface area contributed by atoms with E-state index in [0.717, 1.165) is 0 Å². The molecular weight excluding hydrogens is 246 g/mol. The highest BCUT2D eigenvalue weighted by atomic mass is 19.1. The quantitative estimate of drug-likeness (QED) is 0.629. The van der Waals surface area contributed by atoms with Crippen LogP contribution in [0.2, 0.25) is 0 Å². The molecule has 0 aromatic heterocycles. The lowest BCUT2D eigenvalue weighted by atomic mass is 10.0. The fourth-order valence-electron chi connectivity index (χ4n) is 1.41. The van der Waals surface area contributed by atoms with Crippen molar-refractivity contribution in [2.75, 3.05) is 11.9 Å². The van der Waals surface area contributed by atoms with Crippen LogP contribution in [0.1, 0.15) is 13.8 Å². The number of nitrogens with zero attached hydrogens (tertiary/aromatic N) is 1. The molecule has 0 amide bonds. The summed E-state index contributed by atoms with van der Waals surface area (Å²) in [6.07, 6.45) is 0. The summed E-state index contributed by atoms with van der Waals surface area (Å²) in [5, 5.41) is 22.0. The van der Waals surface area contributed by atoms with Gasteiger partial charge in [0.15, 0.2) is 11.6 Å². The standard InChI is InChI=1S/C11H14F2N2O3/c1-6(2)10(5-16)14-11-8(12)3-7(15(17)18)4-9(11)13/h3-4,6,10,14,16H,5H2,1-2H3. The number of anilines is 1. The first-order valence-corrected chi connectivity index (χ1v) is 5.37. The number of nitrogens with one attached hydrogen (secondary N) is 1. The van der Waals surface area contributed by atoms with Crippen LogP contribution in [-0.4, -0.2) is 22.7 Å². The largest absolute Gasteiger partial charge is 0.394 e. The van der Waals surface area contributed by atoms with Crippen LogP contribution in [0.3, 0.4) is 0 Å². The molecule has 0 heterocycles. The Morgan fingerprint density at radius 2 is 1.89 bits per heavy atom. The number of aliphatic hydroxyl groups excluding tert-OH is 1. The topological polar surface area (TPSA) is 75.4 Å². The maximum Gasteiger partial charge on any atom is 0.275 e. The van der Waals surface area contributed by atoms with Gasteiger partial charge in [0.05, 0.1) is 29.7 Å². The van der Waals surface area contributed by atoms with E-state index >= 15 is 0 Å². The van der Waals surface area contributed by atoms with E-state index in [2.05, 4.69) is 5.32 Å². The number of hydrogen-bond donors (Lipinski definition) is 2. The molecule has 2 N–H and O–H groups in total. The minimum Gasteiger partial charge on any atom is -0.394 e. The molecule has 0 saturated heterocycles. The highest BCUT2D eigenvalue weighted by Crippen LogP contribution is 2.26. The van der Waals surface area contributed by atoms with Crippen molar-refractivity contribution in [3.8, 4) is 0 Å². The average molecular weight is 260 g/mol. The summed E-state index contributed by atoms with van der Waals surface area (Å²) >= 11 is 0. The number of aliphatic hydroxyl groups is 1. The Labute approximate surface area is 103 Å². The third-order valence-corrected chi connectivity index (χ3v) is 2.57. The smallest absolute Gasteiger partial charge is 0.275 e. The lowest BCUT2D eigenvalue weighted by molar-refractivity contribution is -0.385. The van der Waals surface area contributed by atoms with Gasteiger partial charge in [-0.2, -0.15) is 0 Å². The number of nitro benzene ring substituents is 1. The van der Waals surface area contributed by atoms with Gasteiger partial charge in [-0.25, -0.2) is 8.78 Å². The molecule has 1 aromatic carbocycles. The second-order valence-electron chi connectivity index (χ2n) is 4.22. The molecule has 5 nitrogen and oxygen atoms in total. The molecule has 1 aromatic rings. The Morgan fingerprint density at radius 1 is 1.39 bits per heavy atom. The maximum absolute atomic E-state index is 13.5. The summed E-state index contributed by atoms with van der Waals surface area (Å²) in [7, 11) is 0. The molecule has 1 atom stereocenters. The first-order valence-electron chi connectivity index (χ1n) is 5.37. The predicted octanol–water partition coefficient (Wildman–Crippen LogP) is 2.30. The van der Waals surface area contributed by atoms with Crippen LogP contribution in [0.15, 0.2) is 12.1 Å². The van der Waals surface area contributed by atoms with Crippen molar-refractivity contribution in [1.82, 2.24) is 0 Å². The van der Waals surface area contributed by atoms with Crippen LogP contribution in [0.5, 0.6) is 0 Å². The van der Waals surface area contributed by atoms with Gasteiger partial charge in [0.25, 0.3) is 5.69 Å². The third kappa shape index (κ3) is 3.13. The Bertz CT molecular complexity index is 429. The first kappa shape index (κ1) is 14.3. The summed E-state index contributed by atoms with van der Waals surface area (Å²) < 4.78 is 27.1. The minimum atomic E-state index is -1.05.